The predicted molar refractivity (Wildman–Crippen MR) is 112 cm³/mol. The number of nitrogens with zero attached hydrogens (tertiary/aromatic N) is 2. The Hall–Kier alpha value is -2.44. The van der Waals surface area contributed by atoms with Crippen LogP contribution in [0.5, 0.6) is 11.5 Å². The van der Waals surface area contributed by atoms with E-state index in [2.05, 4.69) is 0 Å². The van der Waals surface area contributed by atoms with E-state index in [1.807, 2.05) is 25.7 Å². The van der Waals surface area contributed by atoms with Gasteiger partial charge < -0.3 is 24.0 Å². The summed E-state index contributed by atoms with van der Waals surface area (Å²) >= 11 is 0. The zero-order chi connectivity index (χ0) is 21.6. The van der Waals surface area contributed by atoms with Gasteiger partial charge in [0.25, 0.3) is 5.91 Å². The average Bonchev–Trinajstić information content (AvgIpc) is 2.70. The van der Waals surface area contributed by atoms with Crippen LogP contribution in [0.3, 0.4) is 0 Å². The second-order valence-corrected chi connectivity index (χ2v) is 8.49. The number of benzene rings is 1. The average molecular weight is 407 g/mol. The molecule has 1 saturated heterocycles. The second kappa shape index (κ2) is 9.85. The molecule has 1 aromatic rings. The summed E-state index contributed by atoms with van der Waals surface area (Å²) < 4.78 is 16.0. The molecule has 0 N–H and O–H groups in total. The van der Waals surface area contributed by atoms with Crippen LogP contribution in [-0.4, -0.2) is 68.3 Å². The molecule has 1 aliphatic heterocycles. The van der Waals surface area contributed by atoms with Gasteiger partial charge in [0, 0.05) is 26.7 Å². The van der Waals surface area contributed by atoms with Gasteiger partial charge in [-0.25, -0.2) is 4.79 Å². The first-order valence-corrected chi connectivity index (χ1v) is 10.1. The number of ether oxygens (including phenoxy) is 3. The van der Waals surface area contributed by atoms with Gasteiger partial charge in [0.15, 0.2) is 0 Å². The molecule has 0 aromatic heterocycles. The highest BCUT2D eigenvalue weighted by atomic mass is 16.6. The van der Waals surface area contributed by atoms with Crippen molar-refractivity contribution in [2.24, 2.45) is 5.92 Å². The Bertz CT molecular complexity index is 706. The van der Waals surface area contributed by atoms with Crippen LogP contribution in [0.2, 0.25) is 0 Å². The maximum Gasteiger partial charge on any atom is 0.410 e. The number of carbonyl (C=O) groups excluding carboxylic acids is 2. The van der Waals surface area contributed by atoms with Crippen molar-refractivity contribution in [3.63, 3.8) is 0 Å². The fourth-order valence-corrected chi connectivity index (χ4v) is 3.38. The summed E-state index contributed by atoms with van der Waals surface area (Å²) in [6.45, 7) is 7.63. The Morgan fingerprint density at radius 1 is 1.14 bits per heavy atom. The highest BCUT2D eigenvalue weighted by Crippen LogP contribution is 2.28. The number of amides is 2. The number of likely N-dealkylation sites (tertiary alicyclic amines) is 1. The Morgan fingerprint density at radius 3 is 2.34 bits per heavy atom. The lowest BCUT2D eigenvalue weighted by molar-refractivity contribution is 0.0285. The minimum atomic E-state index is -0.488. The largest absolute Gasteiger partial charge is 0.497 e. The van der Waals surface area contributed by atoms with Crippen molar-refractivity contribution in [3.8, 4) is 11.5 Å². The van der Waals surface area contributed by atoms with Crippen LogP contribution < -0.4 is 9.47 Å². The molecule has 1 aromatic carbocycles. The summed E-state index contributed by atoms with van der Waals surface area (Å²) in [4.78, 5) is 28.5. The number of methoxy groups -OCH3 is 2. The zero-order valence-electron chi connectivity index (χ0n) is 18.5. The molecule has 0 saturated carbocycles. The maximum atomic E-state index is 13.0. The molecule has 0 aliphatic carbocycles. The van der Waals surface area contributed by atoms with Gasteiger partial charge in [-0.1, -0.05) is 0 Å². The molecule has 0 bridgehead atoms. The van der Waals surface area contributed by atoms with E-state index < -0.39 is 5.60 Å². The van der Waals surface area contributed by atoms with E-state index in [0.29, 0.717) is 42.6 Å². The molecule has 0 radical (unpaired) electrons. The minimum Gasteiger partial charge on any atom is -0.497 e. The van der Waals surface area contributed by atoms with Gasteiger partial charge in [0.05, 0.1) is 19.8 Å². The first kappa shape index (κ1) is 22.8. The van der Waals surface area contributed by atoms with Gasteiger partial charge in [0.1, 0.15) is 17.1 Å². The van der Waals surface area contributed by atoms with E-state index in [1.54, 1.807) is 44.4 Å². The van der Waals surface area contributed by atoms with Crippen LogP contribution in [0.25, 0.3) is 0 Å². The van der Waals surface area contributed by atoms with Crippen LogP contribution in [0.15, 0.2) is 18.2 Å². The van der Waals surface area contributed by atoms with Gasteiger partial charge in [-0.05, 0) is 64.2 Å². The summed E-state index contributed by atoms with van der Waals surface area (Å²) in [6, 6.07) is 5.26. The van der Waals surface area contributed by atoms with E-state index in [0.717, 1.165) is 19.3 Å². The van der Waals surface area contributed by atoms with Crippen molar-refractivity contribution in [1.29, 1.82) is 0 Å². The topological polar surface area (TPSA) is 68.3 Å². The van der Waals surface area contributed by atoms with E-state index in [9.17, 15) is 9.59 Å². The van der Waals surface area contributed by atoms with Crippen molar-refractivity contribution < 1.29 is 23.8 Å². The van der Waals surface area contributed by atoms with E-state index in [4.69, 9.17) is 14.2 Å². The number of piperidine rings is 1. The molecule has 7 nitrogen and oxygen atoms in total. The van der Waals surface area contributed by atoms with E-state index in [-0.39, 0.29) is 12.0 Å². The molecule has 2 rings (SSSR count). The summed E-state index contributed by atoms with van der Waals surface area (Å²) in [7, 11) is 4.91. The molecule has 29 heavy (non-hydrogen) atoms. The minimum absolute atomic E-state index is 0.0370. The summed E-state index contributed by atoms with van der Waals surface area (Å²) in [5, 5.41) is 0. The first-order chi connectivity index (χ1) is 13.6. The molecule has 0 spiro atoms. The SMILES string of the molecule is COc1ccc(OC)c(C(=O)N2CCC(CCN(C)C(=O)OC(C)(C)C)CC2)c1. The second-order valence-electron chi connectivity index (χ2n) is 8.49. The van der Waals surface area contributed by atoms with Crippen molar-refractivity contribution >= 4 is 12.0 Å². The molecule has 162 valence electrons. The fourth-order valence-electron chi connectivity index (χ4n) is 3.38. The van der Waals surface area contributed by atoms with E-state index in [1.165, 1.54) is 0 Å². The molecule has 1 fully saturated rings. The fraction of sp³-hybridized carbons (Fsp3) is 0.636. The molecular weight excluding hydrogens is 372 g/mol. The van der Waals surface area contributed by atoms with Gasteiger partial charge in [-0.2, -0.15) is 0 Å². The quantitative estimate of drug-likeness (QED) is 0.719. The van der Waals surface area contributed by atoms with Crippen molar-refractivity contribution in [3.05, 3.63) is 23.8 Å². The molecule has 0 unspecified atom stereocenters. The van der Waals surface area contributed by atoms with Crippen molar-refractivity contribution in [1.82, 2.24) is 9.80 Å². The molecule has 0 atom stereocenters. The van der Waals surface area contributed by atoms with Gasteiger partial charge in [0.2, 0.25) is 0 Å². The molecule has 1 aliphatic rings. The smallest absolute Gasteiger partial charge is 0.410 e. The normalized spacial score (nSPS) is 15.0. The lowest BCUT2D eigenvalue weighted by Crippen LogP contribution is -2.40. The van der Waals surface area contributed by atoms with Crippen LogP contribution in [0.1, 0.15) is 50.4 Å². The third-order valence-electron chi connectivity index (χ3n) is 5.12. The van der Waals surface area contributed by atoms with Crippen LogP contribution in [0.4, 0.5) is 4.79 Å². The Balaban J connectivity index is 1.86. The highest BCUT2D eigenvalue weighted by Gasteiger charge is 2.27. The van der Waals surface area contributed by atoms with Crippen LogP contribution in [0, 0.1) is 5.92 Å². The van der Waals surface area contributed by atoms with Crippen molar-refractivity contribution in [2.45, 2.75) is 45.6 Å². The summed E-state index contributed by atoms with van der Waals surface area (Å²) in [6.07, 6.45) is 2.44. The van der Waals surface area contributed by atoms with Gasteiger partial charge in [-0.3, -0.25) is 4.79 Å². The van der Waals surface area contributed by atoms with Gasteiger partial charge >= 0.3 is 6.09 Å². The Kier molecular flexibility index (Phi) is 7.76. The first-order valence-electron chi connectivity index (χ1n) is 10.1. The monoisotopic (exact) mass is 406 g/mol. The maximum absolute atomic E-state index is 13.0. The Morgan fingerprint density at radius 2 is 1.79 bits per heavy atom. The number of hydrogen-bond acceptors (Lipinski definition) is 5. The third-order valence-corrected chi connectivity index (χ3v) is 5.12. The Labute approximate surface area is 173 Å². The number of carbonyl (C=O) groups is 2. The van der Waals surface area contributed by atoms with Crippen LogP contribution in [-0.2, 0) is 4.74 Å². The number of hydrogen-bond donors (Lipinski definition) is 0. The van der Waals surface area contributed by atoms with Gasteiger partial charge in [-0.15, -0.1) is 0 Å². The van der Waals surface area contributed by atoms with Crippen LogP contribution >= 0.6 is 0 Å². The molecule has 2 amide bonds. The lowest BCUT2D eigenvalue weighted by Gasteiger charge is -2.33. The third kappa shape index (κ3) is 6.54. The molecule has 1 heterocycles. The van der Waals surface area contributed by atoms with E-state index >= 15 is 0 Å². The zero-order valence-corrected chi connectivity index (χ0v) is 18.5. The lowest BCUT2D eigenvalue weighted by atomic mass is 9.93. The van der Waals surface area contributed by atoms with Crippen molar-refractivity contribution in [2.75, 3.05) is 40.9 Å². The molecular formula is C22H34N2O5. The highest BCUT2D eigenvalue weighted by molar-refractivity contribution is 5.97. The predicted octanol–water partition coefficient (Wildman–Crippen LogP) is 3.81. The standard InChI is InChI=1S/C22H34N2O5/c1-22(2,3)29-21(26)23(4)12-9-16-10-13-24(14-11-16)20(25)18-15-17(27-5)7-8-19(18)28-6/h7-8,15-16H,9-14H2,1-6H3. The summed E-state index contributed by atoms with van der Waals surface area (Å²) in [5.41, 5.74) is 0.0352. The summed E-state index contributed by atoms with van der Waals surface area (Å²) in [5.74, 6) is 1.63. The number of rotatable bonds is 6. The molecule has 7 heteroatoms.